The number of benzene rings is 1. The third kappa shape index (κ3) is 5.94. The summed E-state index contributed by atoms with van der Waals surface area (Å²) in [7, 11) is 0. The molecule has 2 unspecified atom stereocenters. The van der Waals surface area contributed by atoms with Crippen molar-refractivity contribution in [3.8, 4) is 0 Å². The van der Waals surface area contributed by atoms with Crippen molar-refractivity contribution in [3.05, 3.63) is 35.6 Å². The zero-order valence-corrected chi connectivity index (χ0v) is 12.4. The lowest BCUT2D eigenvalue weighted by atomic mass is 9.97. The number of nitrogens with one attached hydrogen (secondary N) is 1. The number of carboxylic acids is 1. The molecule has 0 spiro atoms. The van der Waals surface area contributed by atoms with Crippen LogP contribution in [0.1, 0.15) is 51.0 Å². The van der Waals surface area contributed by atoms with Crippen LogP contribution in [0.4, 0.5) is 4.39 Å². The Morgan fingerprint density at radius 2 is 2.10 bits per heavy atom. The van der Waals surface area contributed by atoms with Gasteiger partial charge < -0.3 is 10.4 Å². The molecule has 0 aliphatic rings. The number of carbonyl (C=O) groups excluding carboxylic acids is 1. The van der Waals surface area contributed by atoms with E-state index in [-0.39, 0.29) is 24.1 Å². The van der Waals surface area contributed by atoms with Crippen LogP contribution >= 0.6 is 0 Å². The fourth-order valence-corrected chi connectivity index (χ4v) is 2.13. The number of carboxylic acid groups (broad SMARTS) is 1. The summed E-state index contributed by atoms with van der Waals surface area (Å²) in [6.07, 6.45) is 2.18. The van der Waals surface area contributed by atoms with Crippen molar-refractivity contribution < 1.29 is 19.1 Å². The topological polar surface area (TPSA) is 66.4 Å². The van der Waals surface area contributed by atoms with Gasteiger partial charge >= 0.3 is 5.97 Å². The molecule has 1 rings (SSSR count). The molecule has 116 valence electrons. The van der Waals surface area contributed by atoms with Crippen LogP contribution in [0, 0.1) is 5.82 Å². The fourth-order valence-electron chi connectivity index (χ4n) is 2.13. The van der Waals surface area contributed by atoms with Gasteiger partial charge in [-0.1, -0.05) is 38.8 Å². The molecule has 0 fully saturated rings. The van der Waals surface area contributed by atoms with E-state index in [4.69, 9.17) is 5.11 Å². The summed E-state index contributed by atoms with van der Waals surface area (Å²) < 4.78 is 13.1. The van der Waals surface area contributed by atoms with Crippen molar-refractivity contribution in [2.45, 2.75) is 51.5 Å². The Kier molecular flexibility index (Phi) is 6.85. The molecule has 0 radical (unpaired) electrons. The average Bonchev–Trinajstić information content (AvgIpc) is 2.43. The highest BCUT2D eigenvalue weighted by atomic mass is 19.1. The van der Waals surface area contributed by atoms with Gasteiger partial charge in [-0.15, -0.1) is 0 Å². The van der Waals surface area contributed by atoms with Crippen LogP contribution in [-0.2, 0) is 9.59 Å². The molecule has 1 aromatic carbocycles. The minimum absolute atomic E-state index is 0.138. The molecule has 1 amide bonds. The number of halogens is 1. The highest BCUT2D eigenvalue weighted by Gasteiger charge is 2.20. The largest absolute Gasteiger partial charge is 0.480 e. The third-order valence-corrected chi connectivity index (χ3v) is 3.39. The summed E-state index contributed by atoms with van der Waals surface area (Å²) >= 11 is 0. The van der Waals surface area contributed by atoms with Crippen molar-refractivity contribution >= 4 is 11.9 Å². The zero-order valence-electron chi connectivity index (χ0n) is 12.4. The molecule has 5 heteroatoms. The molecule has 4 nitrogen and oxygen atoms in total. The predicted molar refractivity (Wildman–Crippen MR) is 78.5 cm³/mol. The summed E-state index contributed by atoms with van der Waals surface area (Å²) in [6.45, 7) is 3.78. The monoisotopic (exact) mass is 295 g/mol. The number of aliphatic carboxylic acids is 1. The van der Waals surface area contributed by atoms with Gasteiger partial charge in [0.15, 0.2) is 0 Å². The highest BCUT2D eigenvalue weighted by Crippen LogP contribution is 2.19. The average molecular weight is 295 g/mol. The maximum atomic E-state index is 13.1. The van der Waals surface area contributed by atoms with E-state index < -0.39 is 12.0 Å². The molecule has 2 N–H and O–H groups in total. The quantitative estimate of drug-likeness (QED) is 0.774. The molecule has 0 saturated heterocycles. The van der Waals surface area contributed by atoms with E-state index in [0.717, 1.165) is 18.4 Å². The fraction of sp³-hybridized carbons (Fsp3) is 0.500. The summed E-state index contributed by atoms with van der Waals surface area (Å²) in [5, 5.41) is 11.6. The second-order valence-corrected chi connectivity index (χ2v) is 5.26. The smallest absolute Gasteiger partial charge is 0.326 e. The minimum atomic E-state index is -1.02. The lowest BCUT2D eigenvalue weighted by molar-refractivity contribution is -0.142. The first-order valence-electron chi connectivity index (χ1n) is 7.21. The second kappa shape index (κ2) is 8.39. The van der Waals surface area contributed by atoms with Gasteiger partial charge in [0.05, 0.1) is 0 Å². The second-order valence-electron chi connectivity index (χ2n) is 5.26. The molecule has 0 saturated carbocycles. The van der Waals surface area contributed by atoms with Crippen LogP contribution in [0.2, 0.25) is 0 Å². The minimum Gasteiger partial charge on any atom is -0.480 e. The van der Waals surface area contributed by atoms with Crippen LogP contribution < -0.4 is 5.32 Å². The zero-order chi connectivity index (χ0) is 15.8. The Hall–Kier alpha value is -1.91. The normalized spacial score (nSPS) is 13.5. The first-order chi connectivity index (χ1) is 9.93. The number of unbranched alkanes of at least 4 members (excludes halogenated alkanes) is 1. The number of hydrogen-bond acceptors (Lipinski definition) is 2. The molecule has 21 heavy (non-hydrogen) atoms. The summed E-state index contributed by atoms with van der Waals surface area (Å²) in [6, 6.07) is 5.25. The molecule has 0 aliphatic carbocycles. The molecule has 0 bridgehead atoms. The maximum Gasteiger partial charge on any atom is 0.326 e. The third-order valence-electron chi connectivity index (χ3n) is 3.39. The van der Waals surface area contributed by atoms with Crippen molar-refractivity contribution in [1.29, 1.82) is 0 Å². The molecule has 0 aromatic heterocycles. The Morgan fingerprint density at radius 1 is 1.38 bits per heavy atom. The Morgan fingerprint density at radius 3 is 2.67 bits per heavy atom. The van der Waals surface area contributed by atoms with Crippen molar-refractivity contribution in [3.63, 3.8) is 0 Å². The van der Waals surface area contributed by atoms with Gasteiger partial charge in [0.1, 0.15) is 11.9 Å². The van der Waals surface area contributed by atoms with E-state index in [0.29, 0.717) is 6.42 Å². The lowest BCUT2D eigenvalue weighted by Crippen LogP contribution is -2.41. The van der Waals surface area contributed by atoms with Crippen LogP contribution in [-0.4, -0.2) is 23.0 Å². The molecule has 1 aromatic rings. The first-order valence-corrected chi connectivity index (χ1v) is 7.21. The van der Waals surface area contributed by atoms with E-state index in [2.05, 4.69) is 5.32 Å². The number of hydrogen-bond donors (Lipinski definition) is 2. The van der Waals surface area contributed by atoms with Gasteiger partial charge in [-0.25, -0.2) is 9.18 Å². The molecular weight excluding hydrogens is 273 g/mol. The summed E-state index contributed by atoms with van der Waals surface area (Å²) in [4.78, 5) is 23.0. The van der Waals surface area contributed by atoms with Crippen LogP contribution in [0.5, 0.6) is 0 Å². The Balaban J connectivity index is 2.57. The number of amides is 1. The molecular formula is C16H22FNO3. The molecule has 2 atom stereocenters. The highest BCUT2D eigenvalue weighted by molar-refractivity contribution is 5.83. The number of carbonyl (C=O) groups is 2. The van der Waals surface area contributed by atoms with Crippen molar-refractivity contribution in [2.75, 3.05) is 0 Å². The van der Waals surface area contributed by atoms with Gasteiger partial charge in [0.2, 0.25) is 5.91 Å². The Labute approximate surface area is 124 Å². The SMILES string of the molecule is CCCCC(NC(=O)CC(C)c1cccc(F)c1)C(=O)O. The van der Waals surface area contributed by atoms with Crippen molar-refractivity contribution in [2.24, 2.45) is 0 Å². The molecule has 0 heterocycles. The Bertz CT molecular complexity index is 490. The van der Waals surface area contributed by atoms with Crippen LogP contribution in [0.3, 0.4) is 0 Å². The number of rotatable bonds is 8. The van der Waals surface area contributed by atoms with E-state index >= 15 is 0 Å². The van der Waals surface area contributed by atoms with E-state index in [1.54, 1.807) is 12.1 Å². The summed E-state index contributed by atoms with van der Waals surface area (Å²) in [5.74, 6) is -1.85. The lowest BCUT2D eigenvalue weighted by Gasteiger charge is -2.16. The van der Waals surface area contributed by atoms with Crippen LogP contribution in [0.25, 0.3) is 0 Å². The standard InChI is InChI=1S/C16H22FNO3/c1-3-4-8-14(16(20)21)18-15(19)9-11(2)12-6-5-7-13(17)10-12/h5-7,10-11,14H,3-4,8-9H2,1-2H3,(H,18,19)(H,20,21). The first kappa shape index (κ1) is 17.1. The van der Waals surface area contributed by atoms with E-state index in [1.807, 2.05) is 13.8 Å². The summed E-state index contributed by atoms with van der Waals surface area (Å²) in [5.41, 5.74) is 0.727. The van der Waals surface area contributed by atoms with Gasteiger partial charge in [-0.05, 0) is 30.0 Å². The van der Waals surface area contributed by atoms with Gasteiger partial charge in [0, 0.05) is 6.42 Å². The van der Waals surface area contributed by atoms with Crippen molar-refractivity contribution in [1.82, 2.24) is 5.32 Å². The van der Waals surface area contributed by atoms with Gasteiger partial charge in [0.25, 0.3) is 0 Å². The van der Waals surface area contributed by atoms with Crippen LogP contribution in [0.15, 0.2) is 24.3 Å². The van der Waals surface area contributed by atoms with Gasteiger partial charge in [-0.3, -0.25) is 4.79 Å². The van der Waals surface area contributed by atoms with Gasteiger partial charge in [-0.2, -0.15) is 0 Å². The van der Waals surface area contributed by atoms with E-state index in [1.165, 1.54) is 12.1 Å². The predicted octanol–water partition coefficient (Wildman–Crippen LogP) is 3.08. The molecule has 0 aliphatic heterocycles. The van der Waals surface area contributed by atoms with E-state index in [9.17, 15) is 14.0 Å². The maximum absolute atomic E-state index is 13.1.